The number of rotatable bonds is 2. The Morgan fingerprint density at radius 3 is 2.67 bits per heavy atom. The second kappa shape index (κ2) is 4.42. The Labute approximate surface area is 109 Å². The van der Waals surface area contributed by atoms with Gasteiger partial charge in [0.05, 0.1) is 11.7 Å². The van der Waals surface area contributed by atoms with Crippen LogP contribution >= 0.6 is 11.6 Å². The Morgan fingerprint density at radius 2 is 1.89 bits per heavy atom. The molecule has 3 rings (SSSR count). The van der Waals surface area contributed by atoms with Crippen LogP contribution in [0.25, 0.3) is 5.52 Å². The molecule has 0 saturated heterocycles. The molecule has 0 amide bonds. The van der Waals surface area contributed by atoms with Crippen molar-refractivity contribution in [2.45, 2.75) is 6.42 Å². The van der Waals surface area contributed by atoms with Crippen molar-refractivity contribution < 1.29 is 4.39 Å². The molecule has 2 heterocycles. The molecular weight excluding hydrogens is 251 g/mol. The largest absolute Gasteiger partial charge is 0.287 e. The molecule has 0 spiro atoms. The normalized spacial score (nSPS) is 11.0. The van der Waals surface area contributed by atoms with Gasteiger partial charge in [0, 0.05) is 6.42 Å². The maximum Gasteiger partial charge on any atom is 0.123 e. The zero-order valence-corrected chi connectivity index (χ0v) is 10.2. The lowest BCUT2D eigenvalue weighted by Gasteiger charge is -2.04. The predicted octanol–water partition coefficient (Wildman–Crippen LogP) is 3.72. The predicted molar refractivity (Wildman–Crippen MR) is 69.4 cm³/mol. The number of pyridine rings is 1. The first-order chi connectivity index (χ1) is 8.74. The Kier molecular flexibility index (Phi) is 2.76. The van der Waals surface area contributed by atoms with Crippen molar-refractivity contribution in [1.29, 1.82) is 0 Å². The number of hydrogen-bond donors (Lipinski definition) is 0. The number of fused-ring (bicyclic) bond motifs is 1. The van der Waals surface area contributed by atoms with Crippen LogP contribution in [0.4, 0.5) is 4.39 Å². The van der Waals surface area contributed by atoms with Crippen LogP contribution in [0.2, 0.25) is 5.15 Å². The first-order valence-electron chi connectivity index (χ1n) is 5.59. The molecule has 4 heteroatoms. The molecule has 0 aliphatic rings. The van der Waals surface area contributed by atoms with E-state index in [2.05, 4.69) is 4.98 Å². The molecule has 2 aromatic heterocycles. The molecule has 3 aromatic rings. The fraction of sp³-hybridized carbons (Fsp3) is 0.0714. The lowest BCUT2D eigenvalue weighted by Crippen LogP contribution is -1.97. The van der Waals surface area contributed by atoms with Crippen molar-refractivity contribution >= 4 is 17.1 Å². The Bertz CT molecular complexity index is 689. The standard InChI is InChI=1S/C14H10ClFN2/c15-13-3-1-2-12-9-17-14(18(12)13)8-10-4-6-11(16)7-5-10/h1-7,9H,8H2. The molecule has 0 atom stereocenters. The zero-order chi connectivity index (χ0) is 12.5. The summed E-state index contributed by atoms with van der Waals surface area (Å²) in [5.41, 5.74) is 1.96. The summed E-state index contributed by atoms with van der Waals surface area (Å²) in [7, 11) is 0. The molecular formula is C14H10ClFN2. The summed E-state index contributed by atoms with van der Waals surface area (Å²) in [5.74, 6) is 0.618. The molecule has 0 saturated carbocycles. The highest BCUT2D eigenvalue weighted by atomic mass is 35.5. The number of benzene rings is 1. The van der Waals surface area contributed by atoms with Gasteiger partial charge in [-0.3, -0.25) is 4.40 Å². The summed E-state index contributed by atoms with van der Waals surface area (Å²) < 4.78 is 14.7. The van der Waals surface area contributed by atoms with Crippen molar-refractivity contribution in [2.24, 2.45) is 0 Å². The van der Waals surface area contributed by atoms with Gasteiger partial charge in [0.2, 0.25) is 0 Å². The topological polar surface area (TPSA) is 17.3 Å². The van der Waals surface area contributed by atoms with Gasteiger partial charge in [-0.15, -0.1) is 0 Å². The van der Waals surface area contributed by atoms with Crippen LogP contribution in [0.5, 0.6) is 0 Å². The van der Waals surface area contributed by atoms with Crippen LogP contribution in [0, 0.1) is 5.82 Å². The molecule has 1 aromatic carbocycles. The summed E-state index contributed by atoms with van der Waals surface area (Å²) >= 11 is 6.16. The van der Waals surface area contributed by atoms with E-state index in [1.165, 1.54) is 12.1 Å². The van der Waals surface area contributed by atoms with Crippen LogP contribution in [-0.4, -0.2) is 9.38 Å². The second-order valence-electron chi connectivity index (χ2n) is 4.09. The molecule has 18 heavy (non-hydrogen) atoms. The molecule has 0 bridgehead atoms. The lowest BCUT2D eigenvalue weighted by molar-refractivity contribution is 0.627. The number of halogens is 2. The molecule has 0 N–H and O–H groups in total. The van der Waals surface area contributed by atoms with E-state index in [4.69, 9.17) is 11.6 Å². The van der Waals surface area contributed by atoms with E-state index in [1.54, 1.807) is 18.3 Å². The van der Waals surface area contributed by atoms with Crippen molar-refractivity contribution in [3.8, 4) is 0 Å². The van der Waals surface area contributed by atoms with E-state index in [0.717, 1.165) is 16.9 Å². The minimum absolute atomic E-state index is 0.232. The molecule has 0 aliphatic carbocycles. The number of hydrogen-bond acceptors (Lipinski definition) is 1. The van der Waals surface area contributed by atoms with E-state index >= 15 is 0 Å². The van der Waals surface area contributed by atoms with Gasteiger partial charge in [-0.05, 0) is 29.8 Å². The minimum Gasteiger partial charge on any atom is -0.287 e. The van der Waals surface area contributed by atoms with Crippen LogP contribution in [0.1, 0.15) is 11.4 Å². The Balaban J connectivity index is 2.02. The Morgan fingerprint density at radius 1 is 1.11 bits per heavy atom. The number of nitrogens with zero attached hydrogens (tertiary/aromatic N) is 2. The van der Waals surface area contributed by atoms with Gasteiger partial charge in [-0.2, -0.15) is 0 Å². The molecule has 0 unspecified atom stereocenters. The average molecular weight is 261 g/mol. The molecule has 0 radical (unpaired) electrons. The molecule has 90 valence electrons. The van der Waals surface area contributed by atoms with Crippen LogP contribution < -0.4 is 0 Å². The lowest BCUT2D eigenvalue weighted by atomic mass is 10.1. The van der Waals surface area contributed by atoms with E-state index in [-0.39, 0.29) is 5.82 Å². The average Bonchev–Trinajstić information content (AvgIpc) is 2.77. The maximum atomic E-state index is 12.8. The summed E-state index contributed by atoms with van der Waals surface area (Å²) in [4.78, 5) is 4.36. The zero-order valence-electron chi connectivity index (χ0n) is 9.48. The van der Waals surface area contributed by atoms with Gasteiger partial charge in [0.25, 0.3) is 0 Å². The fourth-order valence-electron chi connectivity index (χ4n) is 1.98. The third-order valence-electron chi connectivity index (χ3n) is 2.85. The smallest absolute Gasteiger partial charge is 0.123 e. The summed E-state index contributed by atoms with van der Waals surface area (Å²) in [6, 6.07) is 12.1. The van der Waals surface area contributed by atoms with Gasteiger partial charge < -0.3 is 0 Å². The van der Waals surface area contributed by atoms with Gasteiger partial charge in [-0.1, -0.05) is 29.8 Å². The van der Waals surface area contributed by atoms with Crippen LogP contribution in [0.3, 0.4) is 0 Å². The highest BCUT2D eigenvalue weighted by molar-refractivity contribution is 6.29. The quantitative estimate of drug-likeness (QED) is 0.642. The summed E-state index contributed by atoms with van der Waals surface area (Å²) in [6.45, 7) is 0. The van der Waals surface area contributed by atoms with Crippen molar-refractivity contribution in [2.75, 3.05) is 0 Å². The minimum atomic E-state index is -0.232. The summed E-state index contributed by atoms with van der Waals surface area (Å²) in [5, 5.41) is 0.627. The van der Waals surface area contributed by atoms with E-state index in [0.29, 0.717) is 11.6 Å². The van der Waals surface area contributed by atoms with Gasteiger partial charge in [0.15, 0.2) is 0 Å². The van der Waals surface area contributed by atoms with Crippen molar-refractivity contribution in [3.05, 3.63) is 71.0 Å². The SMILES string of the molecule is Fc1ccc(Cc2ncc3cccc(Cl)n23)cc1. The third-order valence-corrected chi connectivity index (χ3v) is 3.15. The molecule has 0 aliphatic heterocycles. The highest BCUT2D eigenvalue weighted by Crippen LogP contribution is 2.17. The van der Waals surface area contributed by atoms with Gasteiger partial charge >= 0.3 is 0 Å². The molecule has 0 fully saturated rings. The van der Waals surface area contributed by atoms with Crippen molar-refractivity contribution in [1.82, 2.24) is 9.38 Å². The first kappa shape index (κ1) is 11.2. The van der Waals surface area contributed by atoms with Crippen LogP contribution in [0.15, 0.2) is 48.7 Å². The maximum absolute atomic E-state index is 12.8. The third kappa shape index (κ3) is 1.97. The number of aromatic nitrogens is 2. The second-order valence-corrected chi connectivity index (χ2v) is 4.47. The van der Waals surface area contributed by atoms with E-state index in [9.17, 15) is 4.39 Å². The summed E-state index contributed by atoms with van der Waals surface area (Å²) in [6.07, 6.45) is 2.41. The Hall–Kier alpha value is -1.87. The van der Waals surface area contributed by atoms with Crippen molar-refractivity contribution in [3.63, 3.8) is 0 Å². The monoisotopic (exact) mass is 260 g/mol. The van der Waals surface area contributed by atoms with Gasteiger partial charge in [0.1, 0.15) is 16.8 Å². The fourth-order valence-corrected chi connectivity index (χ4v) is 2.25. The van der Waals surface area contributed by atoms with E-state index < -0.39 is 0 Å². The van der Waals surface area contributed by atoms with Gasteiger partial charge in [-0.25, -0.2) is 9.37 Å². The first-order valence-corrected chi connectivity index (χ1v) is 5.97. The van der Waals surface area contributed by atoms with Crippen LogP contribution in [-0.2, 0) is 6.42 Å². The molecule has 2 nitrogen and oxygen atoms in total. The highest BCUT2D eigenvalue weighted by Gasteiger charge is 2.07. The van der Waals surface area contributed by atoms with E-state index in [1.807, 2.05) is 22.6 Å². The number of imidazole rings is 1.